The molecule has 2 saturated heterocycles. The Hall–Kier alpha value is -1.46. The van der Waals surface area contributed by atoms with Gasteiger partial charge in [0.15, 0.2) is 17.5 Å². The van der Waals surface area contributed by atoms with E-state index < -0.39 is 0 Å². The largest absolute Gasteiger partial charge is 0.493 e. The normalized spacial score (nSPS) is 26.7. The number of ether oxygens (including phenoxy) is 4. The molecule has 0 radical (unpaired) electrons. The van der Waals surface area contributed by atoms with Crippen molar-refractivity contribution in [3.63, 3.8) is 0 Å². The van der Waals surface area contributed by atoms with E-state index in [1.54, 1.807) is 21.3 Å². The van der Waals surface area contributed by atoms with Crippen LogP contribution in [0.1, 0.15) is 25.8 Å². The molecule has 1 N–H and O–H groups in total. The molecule has 3 unspecified atom stereocenters. The number of aliphatic imine (C=N–C) groups is 1. The van der Waals surface area contributed by atoms with Crippen molar-refractivity contribution in [1.29, 1.82) is 0 Å². The van der Waals surface area contributed by atoms with Crippen molar-refractivity contribution < 1.29 is 18.9 Å². The minimum Gasteiger partial charge on any atom is -0.493 e. The molecule has 3 aliphatic rings. The first-order chi connectivity index (χ1) is 15.4. The van der Waals surface area contributed by atoms with Crippen LogP contribution in [0.3, 0.4) is 0 Å². The molecule has 3 fully saturated rings. The van der Waals surface area contributed by atoms with E-state index in [4.69, 9.17) is 18.9 Å². The first kappa shape index (κ1) is 26.2. The first-order valence-electron chi connectivity index (χ1n) is 11.5. The molecule has 9 heteroatoms. The SMILES string of the molecule is CN=C(NC1C2CCOC2C1(C)C)N1CCN(Cc2cc(OC)c(OC)c(OC)c2)CC1.I. The van der Waals surface area contributed by atoms with Gasteiger partial charge in [-0.05, 0) is 24.1 Å². The predicted molar refractivity (Wildman–Crippen MR) is 140 cm³/mol. The zero-order valence-corrected chi connectivity index (χ0v) is 23.0. The lowest BCUT2D eigenvalue weighted by atomic mass is 9.57. The standard InChI is InChI=1S/C24H38N4O4.HI/c1-24(2)21(17-7-12-32-22(17)24)26-23(25-3)28-10-8-27(9-11-28)15-16-13-18(29-4)20(31-6)19(14-16)30-5;/h13-14,17,21-22H,7-12,15H2,1-6H3,(H,25,26);1H. The lowest BCUT2D eigenvalue weighted by Crippen LogP contribution is -2.68. The molecule has 8 nitrogen and oxygen atoms in total. The molecule has 0 amide bonds. The van der Waals surface area contributed by atoms with Gasteiger partial charge in [0.25, 0.3) is 0 Å². The molecule has 3 atom stereocenters. The van der Waals surface area contributed by atoms with Crippen molar-refractivity contribution in [1.82, 2.24) is 15.1 Å². The van der Waals surface area contributed by atoms with Gasteiger partial charge in [0.1, 0.15) is 0 Å². The monoisotopic (exact) mass is 574 g/mol. The molecule has 1 aromatic carbocycles. The summed E-state index contributed by atoms with van der Waals surface area (Å²) in [5.41, 5.74) is 1.30. The molecule has 1 saturated carbocycles. The Labute approximate surface area is 215 Å². The number of fused-ring (bicyclic) bond motifs is 1. The van der Waals surface area contributed by atoms with Crippen LogP contribution in [0.5, 0.6) is 17.2 Å². The van der Waals surface area contributed by atoms with Gasteiger partial charge < -0.3 is 29.2 Å². The lowest BCUT2D eigenvalue weighted by molar-refractivity contribution is -0.107. The number of guanidine groups is 1. The maximum Gasteiger partial charge on any atom is 0.203 e. The molecule has 2 heterocycles. The Morgan fingerprint density at radius 1 is 1.09 bits per heavy atom. The van der Waals surface area contributed by atoms with Crippen LogP contribution in [0.4, 0.5) is 0 Å². The molecular weight excluding hydrogens is 535 g/mol. The van der Waals surface area contributed by atoms with Gasteiger partial charge in [-0.3, -0.25) is 9.89 Å². The van der Waals surface area contributed by atoms with E-state index in [0.717, 1.165) is 57.3 Å². The zero-order valence-electron chi connectivity index (χ0n) is 20.7. The number of halogens is 1. The van der Waals surface area contributed by atoms with Crippen LogP contribution in [0.15, 0.2) is 17.1 Å². The van der Waals surface area contributed by atoms with Crippen molar-refractivity contribution in [3.8, 4) is 17.2 Å². The van der Waals surface area contributed by atoms with Gasteiger partial charge in [-0.1, -0.05) is 13.8 Å². The number of benzene rings is 1. The molecule has 0 spiro atoms. The van der Waals surface area contributed by atoms with E-state index >= 15 is 0 Å². The highest BCUT2D eigenvalue weighted by Crippen LogP contribution is 2.52. The van der Waals surface area contributed by atoms with Gasteiger partial charge in [0, 0.05) is 63.8 Å². The molecular formula is C24H39IN4O4. The Morgan fingerprint density at radius 2 is 1.73 bits per heavy atom. The summed E-state index contributed by atoms with van der Waals surface area (Å²) >= 11 is 0. The van der Waals surface area contributed by atoms with Gasteiger partial charge in [-0.15, -0.1) is 24.0 Å². The minimum atomic E-state index is 0. The summed E-state index contributed by atoms with van der Waals surface area (Å²) in [5, 5.41) is 3.77. The van der Waals surface area contributed by atoms with Crippen LogP contribution in [0, 0.1) is 11.3 Å². The third-order valence-electron chi connectivity index (χ3n) is 7.40. The van der Waals surface area contributed by atoms with Crippen LogP contribution >= 0.6 is 24.0 Å². The molecule has 33 heavy (non-hydrogen) atoms. The first-order valence-corrected chi connectivity index (χ1v) is 11.5. The maximum atomic E-state index is 5.95. The van der Waals surface area contributed by atoms with E-state index in [1.807, 2.05) is 19.2 Å². The highest BCUT2D eigenvalue weighted by atomic mass is 127. The summed E-state index contributed by atoms with van der Waals surface area (Å²) in [6.07, 6.45) is 1.53. The minimum absolute atomic E-state index is 0. The molecule has 1 aliphatic carbocycles. The van der Waals surface area contributed by atoms with Crippen molar-refractivity contribution in [3.05, 3.63) is 17.7 Å². The number of rotatable bonds is 6. The topological polar surface area (TPSA) is 67.8 Å². The van der Waals surface area contributed by atoms with E-state index in [-0.39, 0.29) is 29.4 Å². The maximum absolute atomic E-state index is 5.95. The second-order valence-corrected chi connectivity index (χ2v) is 9.53. The number of piperazine rings is 1. The number of hydrogen-bond donors (Lipinski definition) is 1. The van der Waals surface area contributed by atoms with Crippen LogP contribution in [0.2, 0.25) is 0 Å². The Morgan fingerprint density at radius 3 is 2.27 bits per heavy atom. The smallest absolute Gasteiger partial charge is 0.203 e. The number of nitrogens with zero attached hydrogens (tertiary/aromatic N) is 3. The Balaban J connectivity index is 0.00000306. The summed E-state index contributed by atoms with van der Waals surface area (Å²) in [4.78, 5) is 9.45. The van der Waals surface area contributed by atoms with Crippen LogP contribution in [0.25, 0.3) is 0 Å². The van der Waals surface area contributed by atoms with Crippen molar-refractivity contribution in [2.24, 2.45) is 16.3 Å². The van der Waals surface area contributed by atoms with Crippen molar-refractivity contribution in [2.45, 2.75) is 39.0 Å². The zero-order chi connectivity index (χ0) is 22.9. The molecule has 0 aromatic heterocycles. The third kappa shape index (κ3) is 5.00. The molecule has 4 rings (SSSR count). The van der Waals surface area contributed by atoms with Gasteiger partial charge in [0.2, 0.25) is 5.75 Å². The van der Waals surface area contributed by atoms with E-state index in [0.29, 0.717) is 35.3 Å². The fourth-order valence-electron chi connectivity index (χ4n) is 5.66. The highest BCUT2D eigenvalue weighted by Gasteiger charge is 2.59. The average Bonchev–Trinajstić information content (AvgIpc) is 3.27. The van der Waals surface area contributed by atoms with Crippen molar-refractivity contribution in [2.75, 3.05) is 61.2 Å². The Bertz CT molecular complexity index is 817. The van der Waals surface area contributed by atoms with Crippen LogP contribution in [-0.4, -0.2) is 89.1 Å². The lowest BCUT2D eigenvalue weighted by Gasteiger charge is -2.55. The fourth-order valence-corrected chi connectivity index (χ4v) is 5.66. The number of methoxy groups -OCH3 is 3. The number of nitrogens with one attached hydrogen (secondary N) is 1. The number of hydrogen-bond acceptors (Lipinski definition) is 6. The second kappa shape index (κ2) is 10.9. The molecule has 1 aromatic rings. The fraction of sp³-hybridized carbons (Fsp3) is 0.708. The van der Waals surface area contributed by atoms with E-state index in [1.165, 1.54) is 0 Å². The third-order valence-corrected chi connectivity index (χ3v) is 7.40. The van der Waals surface area contributed by atoms with Crippen LogP contribution < -0.4 is 19.5 Å². The van der Waals surface area contributed by atoms with Gasteiger partial charge >= 0.3 is 0 Å². The summed E-state index contributed by atoms with van der Waals surface area (Å²) in [6.45, 7) is 10.2. The molecule has 0 bridgehead atoms. The Kier molecular flexibility index (Phi) is 8.60. The summed E-state index contributed by atoms with van der Waals surface area (Å²) in [5.74, 6) is 3.64. The van der Waals surface area contributed by atoms with Crippen molar-refractivity contribution >= 4 is 29.9 Å². The van der Waals surface area contributed by atoms with E-state index in [2.05, 4.69) is 34.0 Å². The highest BCUT2D eigenvalue weighted by molar-refractivity contribution is 14.0. The quantitative estimate of drug-likeness (QED) is 0.319. The average molecular weight is 575 g/mol. The summed E-state index contributed by atoms with van der Waals surface area (Å²) in [7, 11) is 6.83. The predicted octanol–water partition coefficient (Wildman–Crippen LogP) is 2.84. The van der Waals surface area contributed by atoms with Gasteiger partial charge in [-0.25, -0.2) is 0 Å². The van der Waals surface area contributed by atoms with Crippen LogP contribution in [-0.2, 0) is 11.3 Å². The molecule has 2 aliphatic heterocycles. The summed E-state index contributed by atoms with van der Waals surface area (Å²) in [6, 6.07) is 4.49. The van der Waals surface area contributed by atoms with Gasteiger partial charge in [-0.2, -0.15) is 0 Å². The summed E-state index contributed by atoms with van der Waals surface area (Å²) < 4.78 is 22.4. The second-order valence-electron chi connectivity index (χ2n) is 9.53. The molecule has 186 valence electrons. The van der Waals surface area contributed by atoms with E-state index in [9.17, 15) is 0 Å². The van der Waals surface area contributed by atoms with Gasteiger partial charge in [0.05, 0.1) is 27.4 Å².